The molecule has 0 amide bonds. The fraction of sp³-hybridized carbons (Fsp3) is 0.200. The lowest BCUT2D eigenvalue weighted by molar-refractivity contribution is 0.248. The summed E-state index contributed by atoms with van der Waals surface area (Å²) >= 11 is 9.98. The van der Waals surface area contributed by atoms with Crippen LogP contribution in [0.5, 0.6) is 0 Å². The third-order valence-electron chi connectivity index (χ3n) is 1.95. The van der Waals surface area contributed by atoms with E-state index in [4.69, 9.17) is 17.3 Å². The number of nitrogens with two attached hydrogens (primary N) is 1. The molecule has 0 aliphatic heterocycles. The van der Waals surface area contributed by atoms with E-state index in [9.17, 15) is 5.11 Å². The monoisotopic (exact) mass is 244 g/mol. The summed E-state index contributed by atoms with van der Waals surface area (Å²) in [6.45, 7) is 1.89. The summed E-state index contributed by atoms with van der Waals surface area (Å²) < 4.78 is 0. The highest BCUT2D eigenvalue weighted by atomic mass is 35.5. The highest BCUT2D eigenvalue weighted by Crippen LogP contribution is 2.26. The molecule has 0 spiro atoms. The summed E-state index contributed by atoms with van der Waals surface area (Å²) in [5.41, 5.74) is 6.86. The van der Waals surface area contributed by atoms with Crippen molar-refractivity contribution in [3.05, 3.63) is 39.9 Å². The smallest absolute Gasteiger partial charge is 0.157 e. The Morgan fingerprint density at radius 1 is 1.67 bits per heavy atom. The summed E-state index contributed by atoms with van der Waals surface area (Å²) in [6.07, 6.45) is 0.282. The minimum absolute atomic E-state index is 0.342. The lowest BCUT2D eigenvalue weighted by Crippen LogP contribution is -2.20. The summed E-state index contributed by atoms with van der Waals surface area (Å²) in [4.78, 5) is 0.342. The van der Waals surface area contributed by atoms with E-state index >= 15 is 0 Å². The van der Waals surface area contributed by atoms with Crippen LogP contribution in [0.3, 0.4) is 0 Å². The third-order valence-corrected chi connectivity index (χ3v) is 2.66. The van der Waals surface area contributed by atoms with Gasteiger partial charge in [-0.05, 0) is 18.6 Å². The van der Waals surface area contributed by atoms with E-state index in [1.807, 2.05) is 19.1 Å². The zero-order valence-electron chi connectivity index (χ0n) is 8.24. The topological polar surface area (TPSA) is 58.3 Å². The van der Waals surface area contributed by atoms with Crippen molar-refractivity contribution in [1.29, 1.82) is 0 Å². The highest BCUT2D eigenvalue weighted by Gasteiger charge is 2.10. The number of para-hydroxylation sites is 1. The molecule has 0 heterocycles. The highest BCUT2D eigenvalue weighted by molar-refractivity contribution is 7.84. The Bertz CT molecular complexity index is 361. The number of hydrogen-bond acceptors (Lipinski definition) is 4. The van der Waals surface area contributed by atoms with Crippen LogP contribution in [0.1, 0.15) is 5.56 Å². The van der Waals surface area contributed by atoms with Crippen LogP contribution in [-0.2, 0) is 0 Å². The van der Waals surface area contributed by atoms with Gasteiger partial charge >= 0.3 is 0 Å². The van der Waals surface area contributed by atoms with Gasteiger partial charge in [0.1, 0.15) is 0 Å². The molecule has 0 aliphatic carbocycles. The second-order valence-electron chi connectivity index (χ2n) is 3.07. The van der Waals surface area contributed by atoms with Crippen molar-refractivity contribution in [2.75, 3.05) is 5.32 Å². The second-order valence-corrected chi connectivity index (χ2v) is 3.99. The van der Waals surface area contributed by atoms with Gasteiger partial charge in [-0.1, -0.05) is 23.7 Å². The van der Waals surface area contributed by atoms with Crippen LogP contribution >= 0.6 is 24.2 Å². The largest absolute Gasteiger partial charge is 0.404 e. The molecule has 1 rings (SSSR count). The molecule has 1 unspecified atom stereocenters. The molecule has 3 nitrogen and oxygen atoms in total. The molecular formula is C10H13ClN2OS. The Kier molecular flexibility index (Phi) is 4.32. The Labute approximate surface area is 99.3 Å². The van der Waals surface area contributed by atoms with Gasteiger partial charge in [-0.2, -0.15) is 0 Å². The molecule has 0 fully saturated rings. The quantitative estimate of drug-likeness (QED) is 0.487. The van der Waals surface area contributed by atoms with Crippen molar-refractivity contribution < 1.29 is 5.11 Å². The number of aliphatic hydroxyl groups excluding tert-OH is 1. The Balaban J connectivity index is 2.90. The van der Waals surface area contributed by atoms with Gasteiger partial charge in [0.05, 0.1) is 10.7 Å². The first kappa shape index (κ1) is 12.2. The standard InChI is InChI=1S/C10H13ClN2OS/c1-6-3-2-4-7(11)9(6)13-10(14)8(15)5-12/h2-5,10,13-15H,12H2,1H3/b8-5-. The zero-order valence-corrected chi connectivity index (χ0v) is 9.89. The molecule has 0 radical (unpaired) electrons. The van der Waals surface area contributed by atoms with Crippen molar-refractivity contribution in [3.63, 3.8) is 0 Å². The lowest BCUT2D eigenvalue weighted by atomic mass is 10.2. The number of rotatable bonds is 3. The number of benzene rings is 1. The van der Waals surface area contributed by atoms with Crippen molar-refractivity contribution in [3.8, 4) is 0 Å². The van der Waals surface area contributed by atoms with Crippen molar-refractivity contribution in [2.45, 2.75) is 13.2 Å². The molecule has 0 saturated heterocycles. The van der Waals surface area contributed by atoms with Gasteiger partial charge in [-0.25, -0.2) is 0 Å². The summed E-state index contributed by atoms with van der Waals surface area (Å²) in [5.74, 6) is 0. The van der Waals surface area contributed by atoms with Gasteiger partial charge in [-0.3, -0.25) is 0 Å². The van der Waals surface area contributed by atoms with Crippen LogP contribution in [0.25, 0.3) is 0 Å². The Morgan fingerprint density at radius 3 is 2.87 bits per heavy atom. The maximum absolute atomic E-state index is 9.63. The number of hydrogen-bond donors (Lipinski definition) is 4. The minimum atomic E-state index is -0.947. The first-order chi connectivity index (χ1) is 7.06. The molecule has 1 aromatic rings. The summed E-state index contributed by atoms with van der Waals surface area (Å²) in [7, 11) is 0. The van der Waals surface area contributed by atoms with E-state index in [1.165, 1.54) is 6.20 Å². The fourth-order valence-corrected chi connectivity index (χ4v) is 1.46. The molecular weight excluding hydrogens is 232 g/mol. The molecule has 0 aliphatic rings. The van der Waals surface area contributed by atoms with E-state index < -0.39 is 6.23 Å². The maximum atomic E-state index is 9.63. The van der Waals surface area contributed by atoms with E-state index in [0.29, 0.717) is 15.6 Å². The first-order valence-corrected chi connectivity index (χ1v) is 5.19. The SMILES string of the molecule is Cc1cccc(Cl)c1NC(O)/C(S)=C/N. The molecule has 82 valence electrons. The molecule has 1 aromatic carbocycles. The van der Waals surface area contributed by atoms with Crippen molar-refractivity contribution in [2.24, 2.45) is 5.73 Å². The molecule has 5 heteroatoms. The number of aryl methyl sites for hydroxylation is 1. The average Bonchev–Trinajstić information content (AvgIpc) is 2.22. The molecule has 0 aromatic heterocycles. The first-order valence-electron chi connectivity index (χ1n) is 4.36. The zero-order chi connectivity index (χ0) is 11.4. The minimum Gasteiger partial charge on any atom is -0.404 e. The average molecular weight is 245 g/mol. The molecule has 15 heavy (non-hydrogen) atoms. The van der Waals surface area contributed by atoms with Crippen LogP contribution in [-0.4, -0.2) is 11.3 Å². The third kappa shape index (κ3) is 3.06. The van der Waals surface area contributed by atoms with Crippen molar-refractivity contribution in [1.82, 2.24) is 0 Å². The van der Waals surface area contributed by atoms with Crippen LogP contribution < -0.4 is 11.1 Å². The number of halogens is 1. The van der Waals surface area contributed by atoms with E-state index in [-0.39, 0.29) is 0 Å². The van der Waals surface area contributed by atoms with Gasteiger partial charge in [0.15, 0.2) is 6.23 Å². The lowest BCUT2D eigenvalue weighted by Gasteiger charge is -2.16. The van der Waals surface area contributed by atoms with Gasteiger partial charge in [0, 0.05) is 11.1 Å². The number of aliphatic hydroxyl groups is 1. The molecule has 0 bridgehead atoms. The maximum Gasteiger partial charge on any atom is 0.157 e. The molecule has 4 N–H and O–H groups in total. The van der Waals surface area contributed by atoms with Gasteiger partial charge in [-0.15, -0.1) is 12.6 Å². The summed E-state index contributed by atoms with van der Waals surface area (Å²) in [6, 6.07) is 5.48. The van der Waals surface area contributed by atoms with Gasteiger partial charge in [0.25, 0.3) is 0 Å². The van der Waals surface area contributed by atoms with E-state index in [2.05, 4.69) is 17.9 Å². The number of nitrogens with one attached hydrogen (secondary N) is 1. The second kappa shape index (κ2) is 5.30. The Hall–Kier alpha value is -0.840. The Morgan fingerprint density at radius 2 is 2.33 bits per heavy atom. The normalized spacial score (nSPS) is 13.7. The van der Waals surface area contributed by atoms with E-state index in [0.717, 1.165) is 5.56 Å². The molecule has 1 atom stereocenters. The molecule has 0 saturated carbocycles. The van der Waals surface area contributed by atoms with Crippen molar-refractivity contribution >= 4 is 29.9 Å². The van der Waals surface area contributed by atoms with Crippen LogP contribution in [0, 0.1) is 6.92 Å². The van der Waals surface area contributed by atoms with E-state index in [1.54, 1.807) is 6.07 Å². The number of anilines is 1. The predicted molar refractivity (Wildman–Crippen MR) is 67.1 cm³/mol. The van der Waals surface area contributed by atoms with Crippen LogP contribution in [0.2, 0.25) is 5.02 Å². The predicted octanol–water partition coefficient (Wildman–Crippen LogP) is 2.11. The number of thiol groups is 1. The fourth-order valence-electron chi connectivity index (χ4n) is 1.12. The summed E-state index contributed by atoms with van der Waals surface area (Å²) in [5, 5.41) is 13.0. The van der Waals surface area contributed by atoms with Gasteiger partial charge in [0.2, 0.25) is 0 Å². The van der Waals surface area contributed by atoms with Gasteiger partial charge < -0.3 is 16.2 Å². The van der Waals surface area contributed by atoms with Crippen LogP contribution in [0.15, 0.2) is 29.3 Å². The van der Waals surface area contributed by atoms with Crippen LogP contribution in [0.4, 0.5) is 5.69 Å².